The SMILES string of the molecule is Nc1ccc(CCO)c(Cl)c1.Nc1ccc(NC(=O)OCCN2CCCCC2)c(Cl)c1. The summed E-state index contributed by atoms with van der Waals surface area (Å²) < 4.78 is 5.15. The number of rotatable bonds is 6. The minimum Gasteiger partial charge on any atom is -0.448 e. The number of carbonyl (C=O) groups is 1. The van der Waals surface area contributed by atoms with Crippen molar-refractivity contribution < 1.29 is 14.6 Å². The molecule has 0 aliphatic carbocycles. The van der Waals surface area contributed by atoms with Crippen LogP contribution in [0.4, 0.5) is 21.9 Å². The molecule has 1 amide bonds. The van der Waals surface area contributed by atoms with Gasteiger partial charge in [-0.3, -0.25) is 10.2 Å². The van der Waals surface area contributed by atoms with Crippen molar-refractivity contribution in [3.8, 4) is 0 Å². The van der Waals surface area contributed by atoms with Crippen LogP contribution in [0, 0.1) is 0 Å². The van der Waals surface area contributed by atoms with Crippen LogP contribution < -0.4 is 16.8 Å². The number of amides is 1. The first-order chi connectivity index (χ1) is 14.9. The van der Waals surface area contributed by atoms with Crippen molar-refractivity contribution in [1.29, 1.82) is 0 Å². The van der Waals surface area contributed by atoms with Gasteiger partial charge in [0.15, 0.2) is 0 Å². The molecule has 2 aromatic carbocycles. The van der Waals surface area contributed by atoms with Crippen LogP contribution >= 0.6 is 23.2 Å². The van der Waals surface area contributed by atoms with Gasteiger partial charge in [0.2, 0.25) is 0 Å². The quantitative estimate of drug-likeness (QED) is 0.466. The maximum atomic E-state index is 11.6. The molecule has 0 spiro atoms. The maximum Gasteiger partial charge on any atom is 0.411 e. The van der Waals surface area contributed by atoms with Gasteiger partial charge < -0.3 is 21.3 Å². The van der Waals surface area contributed by atoms with Gasteiger partial charge >= 0.3 is 6.09 Å². The lowest BCUT2D eigenvalue weighted by atomic mass is 10.1. The Morgan fingerprint density at radius 2 is 1.68 bits per heavy atom. The second-order valence-electron chi connectivity index (χ2n) is 7.23. The lowest BCUT2D eigenvalue weighted by Gasteiger charge is -2.25. The molecule has 0 unspecified atom stereocenters. The number of halogens is 2. The number of ether oxygens (including phenoxy) is 1. The first-order valence-electron chi connectivity index (χ1n) is 10.2. The normalized spacial score (nSPS) is 13.8. The van der Waals surface area contributed by atoms with Crippen molar-refractivity contribution in [2.24, 2.45) is 0 Å². The zero-order chi connectivity index (χ0) is 22.6. The topological polar surface area (TPSA) is 114 Å². The number of nitrogen functional groups attached to an aromatic ring is 2. The van der Waals surface area contributed by atoms with Crippen molar-refractivity contribution in [1.82, 2.24) is 4.90 Å². The Bertz CT molecular complexity index is 846. The molecule has 1 heterocycles. The van der Waals surface area contributed by atoms with E-state index in [2.05, 4.69) is 10.2 Å². The molecule has 0 bridgehead atoms. The van der Waals surface area contributed by atoms with Gasteiger partial charge in [0, 0.05) is 29.5 Å². The van der Waals surface area contributed by atoms with Gasteiger partial charge in [0.05, 0.1) is 10.7 Å². The van der Waals surface area contributed by atoms with Gasteiger partial charge in [0.1, 0.15) is 6.61 Å². The molecule has 7 nitrogen and oxygen atoms in total. The summed E-state index contributed by atoms with van der Waals surface area (Å²) >= 11 is 11.8. The number of aliphatic hydroxyl groups excluding tert-OH is 1. The summed E-state index contributed by atoms with van der Waals surface area (Å²) in [6.07, 6.45) is 3.85. The molecule has 31 heavy (non-hydrogen) atoms. The Morgan fingerprint density at radius 1 is 1.03 bits per heavy atom. The minimum absolute atomic E-state index is 0.115. The van der Waals surface area contributed by atoms with E-state index in [0.717, 1.165) is 25.2 Å². The molecule has 1 aliphatic rings. The lowest BCUT2D eigenvalue weighted by Crippen LogP contribution is -2.33. The summed E-state index contributed by atoms with van der Waals surface area (Å²) in [5.74, 6) is 0. The molecule has 6 N–H and O–H groups in total. The number of hydrogen-bond donors (Lipinski definition) is 4. The Hall–Kier alpha value is -2.19. The van der Waals surface area contributed by atoms with Gasteiger partial charge in [0.25, 0.3) is 0 Å². The van der Waals surface area contributed by atoms with Crippen molar-refractivity contribution in [3.05, 3.63) is 52.0 Å². The summed E-state index contributed by atoms with van der Waals surface area (Å²) in [4.78, 5) is 14.0. The average molecular weight is 469 g/mol. The fraction of sp³-hybridized carbons (Fsp3) is 0.409. The van der Waals surface area contributed by atoms with Crippen LogP contribution in [0.1, 0.15) is 24.8 Å². The van der Waals surface area contributed by atoms with E-state index in [1.54, 1.807) is 30.3 Å². The molecular formula is C22H30Cl2N4O3. The number of piperidine rings is 1. The molecule has 0 aromatic heterocycles. The summed E-state index contributed by atoms with van der Waals surface area (Å²) in [6, 6.07) is 10.2. The van der Waals surface area contributed by atoms with Crippen LogP contribution in [0.25, 0.3) is 0 Å². The third kappa shape index (κ3) is 9.23. The highest BCUT2D eigenvalue weighted by molar-refractivity contribution is 6.34. The molecule has 0 atom stereocenters. The zero-order valence-electron chi connectivity index (χ0n) is 17.4. The molecule has 0 radical (unpaired) electrons. The standard InChI is InChI=1S/C14H20ClN3O2.C8H10ClNO/c15-12-10-11(16)4-5-13(12)17-14(19)20-9-8-18-6-2-1-3-7-18;9-8-5-7(10)2-1-6(8)3-4-11/h4-5,10H,1-3,6-9,16H2,(H,17,19);1-2,5,11H,3-4,10H2. The van der Waals surface area contributed by atoms with E-state index in [0.29, 0.717) is 40.1 Å². The van der Waals surface area contributed by atoms with Crippen LogP contribution in [0.5, 0.6) is 0 Å². The molecule has 1 aliphatic heterocycles. The van der Waals surface area contributed by atoms with Crippen LogP contribution in [-0.2, 0) is 11.2 Å². The van der Waals surface area contributed by atoms with Crippen molar-refractivity contribution in [2.45, 2.75) is 25.7 Å². The summed E-state index contributed by atoms with van der Waals surface area (Å²) in [7, 11) is 0. The van der Waals surface area contributed by atoms with E-state index < -0.39 is 6.09 Å². The second-order valence-corrected chi connectivity index (χ2v) is 8.04. The highest BCUT2D eigenvalue weighted by Gasteiger charge is 2.11. The number of nitrogens with one attached hydrogen (secondary N) is 1. The first-order valence-corrected chi connectivity index (χ1v) is 11.0. The van der Waals surface area contributed by atoms with E-state index >= 15 is 0 Å². The second kappa shape index (κ2) is 13.3. The molecule has 1 fully saturated rings. The van der Waals surface area contributed by atoms with Gasteiger partial charge in [-0.05, 0) is 68.2 Å². The number of nitrogens with two attached hydrogens (primary N) is 2. The van der Waals surface area contributed by atoms with Crippen LogP contribution in [0.3, 0.4) is 0 Å². The molecule has 1 saturated heterocycles. The molecule has 2 aromatic rings. The Balaban J connectivity index is 0.000000262. The van der Waals surface area contributed by atoms with Crippen molar-refractivity contribution >= 4 is 46.4 Å². The van der Waals surface area contributed by atoms with Gasteiger partial charge in [-0.25, -0.2) is 4.79 Å². The molecule has 0 saturated carbocycles. The number of anilines is 3. The third-order valence-corrected chi connectivity index (χ3v) is 5.44. The average Bonchev–Trinajstić information content (AvgIpc) is 2.74. The monoisotopic (exact) mass is 468 g/mol. The van der Waals surface area contributed by atoms with E-state index in [4.69, 9.17) is 44.5 Å². The van der Waals surface area contributed by atoms with E-state index in [1.807, 2.05) is 6.07 Å². The first kappa shape index (κ1) is 25.1. The third-order valence-electron chi connectivity index (χ3n) is 4.78. The van der Waals surface area contributed by atoms with E-state index in [9.17, 15) is 4.79 Å². The van der Waals surface area contributed by atoms with Gasteiger partial charge in [-0.15, -0.1) is 0 Å². The zero-order valence-corrected chi connectivity index (χ0v) is 19.0. The van der Waals surface area contributed by atoms with E-state index in [-0.39, 0.29) is 6.61 Å². The Labute approximate surface area is 193 Å². The number of likely N-dealkylation sites (tertiary alicyclic amines) is 1. The molecule has 9 heteroatoms. The summed E-state index contributed by atoms with van der Waals surface area (Å²) in [6.45, 7) is 3.47. The summed E-state index contributed by atoms with van der Waals surface area (Å²) in [5, 5.41) is 12.3. The fourth-order valence-corrected chi connectivity index (χ4v) is 3.64. The number of nitrogens with zero attached hydrogens (tertiary/aromatic N) is 1. The van der Waals surface area contributed by atoms with Gasteiger partial charge in [-0.1, -0.05) is 35.7 Å². The smallest absolute Gasteiger partial charge is 0.411 e. The maximum absolute atomic E-state index is 11.6. The lowest BCUT2D eigenvalue weighted by molar-refractivity contribution is 0.131. The number of hydrogen-bond acceptors (Lipinski definition) is 6. The van der Waals surface area contributed by atoms with Crippen LogP contribution in [0.15, 0.2) is 36.4 Å². The number of benzene rings is 2. The Kier molecular flexibility index (Phi) is 10.7. The predicted molar refractivity (Wildman–Crippen MR) is 128 cm³/mol. The van der Waals surface area contributed by atoms with Crippen molar-refractivity contribution in [2.75, 3.05) is 49.6 Å². The molecule has 3 rings (SSSR count). The molecular weight excluding hydrogens is 439 g/mol. The number of aliphatic hydroxyl groups is 1. The van der Waals surface area contributed by atoms with Crippen LogP contribution in [0.2, 0.25) is 10.0 Å². The van der Waals surface area contributed by atoms with Crippen molar-refractivity contribution in [3.63, 3.8) is 0 Å². The molecule has 170 valence electrons. The highest BCUT2D eigenvalue weighted by Crippen LogP contribution is 2.24. The largest absolute Gasteiger partial charge is 0.448 e. The fourth-order valence-electron chi connectivity index (χ4n) is 3.12. The van der Waals surface area contributed by atoms with Crippen LogP contribution in [-0.4, -0.2) is 48.9 Å². The predicted octanol–water partition coefficient (Wildman–Crippen LogP) is 4.41. The summed E-state index contributed by atoms with van der Waals surface area (Å²) in [5.41, 5.74) is 13.7. The number of carbonyl (C=O) groups excluding carboxylic acids is 1. The van der Waals surface area contributed by atoms with Gasteiger partial charge in [-0.2, -0.15) is 0 Å². The highest BCUT2D eigenvalue weighted by atomic mass is 35.5. The van der Waals surface area contributed by atoms with E-state index in [1.165, 1.54) is 19.3 Å². The Morgan fingerprint density at radius 3 is 2.29 bits per heavy atom. The minimum atomic E-state index is -0.492.